The van der Waals surface area contributed by atoms with Crippen molar-refractivity contribution >= 4 is 17.5 Å². The molecule has 4 heteroatoms. The summed E-state index contributed by atoms with van der Waals surface area (Å²) >= 11 is 6.10. The van der Waals surface area contributed by atoms with Crippen molar-refractivity contribution < 1.29 is 9.53 Å². The molecule has 0 aliphatic heterocycles. The highest BCUT2D eigenvalue weighted by Crippen LogP contribution is 2.19. The van der Waals surface area contributed by atoms with Gasteiger partial charge in [0.05, 0.1) is 0 Å². The molecule has 0 saturated heterocycles. The van der Waals surface area contributed by atoms with Crippen LogP contribution in [0.5, 0.6) is 5.75 Å². The van der Waals surface area contributed by atoms with Crippen LogP contribution in [0.4, 0.5) is 0 Å². The summed E-state index contributed by atoms with van der Waals surface area (Å²) in [5, 5.41) is 3.54. The minimum absolute atomic E-state index is 0.133. The predicted molar refractivity (Wildman–Crippen MR) is 93.9 cm³/mol. The van der Waals surface area contributed by atoms with Gasteiger partial charge in [0.25, 0.3) is 5.91 Å². The van der Waals surface area contributed by atoms with E-state index < -0.39 is 6.10 Å². The molecule has 0 saturated carbocycles. The summed E-state index contributed by atoms with van der Waals surface area (Å²) in [4.78, 5) is 12.4. The van der Waals surface area contributed by atoms with Crippen LogP contribution >= 0.6 is 11.6 Å². The largest absolute Gasteiger partial charge is 0.481 e. The quantitative estimate of drug-likeness (QED) is 0.850. The minimum atomic E-state index is -0.515. The van der Waals surface area contributed by atoms with Crippen LogP contribution in [0.3, 0.4) is 0 Å². The number of nitrogens with one attached hydrogen (secondary N) is 1. The standard InChI is InChI=1S/C19H22ClNO2/c1-4-18(23-16-10-13(2)9-14(3)11-16)19(22)21-12-15-7-5-6-8-17(15)20/h5-11,18H,4,12H2,1-3H3,(H,21,22)/t18-/m1/s1. The molecular weight excluding hydrogens is 310 g/mol. The van der Waals surface area contributed by atoms with E-state index in [0.717, 1.165) is 22.4 Å². The van der Waals surface area contributed by atoms with Crippen LogP contribution < -0.4 is 10.1 Å². The number of hydrogen-bond donors (Lipinski definition) is 1. The average Bonchev–Trinajstić information content (AvgIpc) is 2.50. The van der Waals surface area contributed by atoms with Gasteiger partial charge in [-0.25, -0.2) is 0 Å². The number of halogens is 1. The van der Waals surface area contributed by atoms with Crippen LogP contribution in [0.2, 0.25) is 5.02 Å². The molecule has 0 aliphatic rings. The lowest BCUT2D eigenvalue weighted by molar-refractivity contribution is -0.128. The van der Waals surface area contributed by atoms with E-state index in [2.05, 4.69) is 11.4 Å². The first-order chi connectivity index (χ1) is 11.0. The van der Waals surface area contributed by atoms with E-state index in [9.17, 15) is 4.79 Å². The number of hydrogen-bond acceptors (Lipinski definition) is 2. The van der Waals surface area contributed by atoms with Gasteiger partial charge in [-0.1, -0.05) is 42.8 Å². The minimum Gasteiger partial charge on any atom is -0.481 e. The number of amides is 1. The Bertz CT molecular complexity index is 665. The van der Waals surface area contributed by atoms with Crippen LogP contribution in [0.25, 0.3) is 0 Å². The Morgan fingerprint density at radius 3 is 2.43 bits per heavy atom. The highest BCUT2D eigenvalue weighted by Gasteiger charge is 2.18. The molecule has 0 heterocycles. The van der Waals surface area contributed by atoms with Crippen molar-refractivity contribution in [1.29, 1.82) is 0 Å². The number of carbonyl (C=O) groups excluding carboxylic acids is 1. The van der Waals surface area contributed by atoms with E-state index in [4.69, 9.17) is 16.3 Å². The fourth-order valence-electron chi connectivity index (χ4n) is 2.43. The van der Waals surface area contributed by atoms with Crippen molar-refractivity contribution in [2.45, 2.75) is 39.8 Å². The third kappa shape index (κ3) is 5.00. The molecule has 0 aliphatic carbocycles. The maximum atomic E-state index is 12.4. The lowest BCUT2D eigenvalue weighted by Crippen LogP contribution is -2.37. The van der Waals surface area contributed by atoms with Crippen LogP contribution in [0, 0.1) is 13.8 Å². The molecular formula is C19H22ClNO2. The zero-order valence-corrected chi connectivity index (χ0v) is 14.5. The molecule has 2 rings (SSSR count). The normalized spacial score (nSPS) is 11.8. The van der Waals surface area contributed by atoms with Gasteiger partial charge < -0.3 is 10.1 Å². The van der Waals surface area contributed by atoms with Crippen molar-refractivity contribution in [3.8, 4) is 5.75 Å². The second kappa shape index (κ2) is 8.02. The fourth-order valence-corrected chi connectivity index (χ4v) is 2.63. The summed E-state index contributed by atoms with van der Waals surface area (Å²) in [6.45, 7) is 6.35. The van der Waals surface area contributed by atoms with Crippen molar-refractivity contribution in [2.75, 3.05) is 0 Å². The number of aryl methyl sites for hydroxylation is 2. The molecule has 0 fully saturated rings. The van der Waals surface area contributed by atoms with E-state index in [1.807, 2.05) is 57.2 Å². The first kappa shape index (κ1) is 17.4. The molecule has 2 aromatic carbocycles. The van der Waals surface area contributed by atoms with Gasteiger partial charge in [0.15, 0.2) is 6.10 Å². The molecule has 23 heavy (non-hydrogen) atoms. The van der Waals surface area contributed by atoms with E-state index in [0.29, 0.717) is 18.0 Å². The smallest absolute Gasteiger partial charge is 0.261 e. The van der Waals surface area contributed by atoms with E-state index in [1.54, 1.807) is 0 Å². The highest BCUT2D eigenvalue weighted by molar-refractivity contribution is 6.31. The molecule has 3 nitrogen and oxygen atoms in total. The third-order valence-electron chi connectivity index (χ3n) is 3.55. The van der Waals surface area contributed by atoms with Crippen molar-refractivity contribution in [2.24, 2.45) is 0 Å². The summed E-state index contributed by atoms with van der Waals surface area (Å²) in [6, 6.07) is 13.4. The van der Waals surface area contributed by atoms with E-state index in [1.165, 1.54) is 0 Å². The number of benzene rings is 2. The fraction of sp³-hybridized carbons (Fsp3) is 0.316. The Kier molecular flexibility index (Phi) is 6.05. The maximum absolute atomic E-state index is 12.4. The summed E-state index contributed by atoms with van der Waals surface area (Å²) in [7, 11) is 0. The molecule has 1 amide bonds. The van der Waals surface area contributed by atoms with Crippen molar-refractivity contribution in [3.63, 3.8) is 0 Å². The van der Waals surface area contributed by atoms with Gasteiger partial charge in [-0.3, -0.25) is 4.79 Å². The summed E-state index contributed by atoms with van der Waals surface area (Å²) in [5.41, 5.74) is 3.13. The topological polar surface area (TPSA) is 38.3 Å². The molecule has 122 valence electrons. The first-order valence-corrected chi connectivity index (χ1v) is 8.13. The lowest BCUT2D eigenvalue weighted by Gasteiger charge is -2.18. The Morgan fingerprint density at radius 1 is 1.17 bits per heavy atom. The van der Waals surface area contributed by atoms with Gasteiger partial charge in [0.1, 0.15) is 5.75 Å². The van der Waals surface area contributed by atoms with Crippen LogP contribution in [-0.4, -0.2) is 12.0 Å². The zero-order chi connectivity index (χ0) is 16.8. The predicted octanol–water partition coefficient (Wildman–Crippen LogP) is 4.43. The second-order valence-corrected chi connectivity index (χ2v) is 6.05. The lowest BCUT2D eigenvalue weighted by atomic mass is 10.1. The Morgan fingerprint density at radius 2 is 1.83 bits per heavy atom. The average molecular weight is 332 g/mol. The molecule has 0 unspecified atom stereocenters. The first-order valence-electron chi connectivity index (χ1n) is 7.75. The highest BCUT2D eigenvalue weighted by atomic mass is 35.5. The van der Waals surface area contributed by atoms with Crippen molar-refractivity contribution in [1.82, 2.24) is 5.32 Å². The summed E-state index contributed by atoms with van der Waals surface area (Å²) < 4.78 is 5.86. The number of rotatable bonds is 6. The molecule has 0 aromatic heterocycles. The summed E-state index contributed by atoms with van der Waals surface area (Å²) in [5.74, 6) is 0.592. The molecule has 0 spiro atoms. The van der Waals surface area contributed by atoms with Gasteiger partial charge in [-0.15, -0.1) is 0 Å². The SMILES string of the molecule is CC[C@@H](Oc1cc(C)cc(C)c1)C(=O)NCc1ccccc1Cl. The van der Waals surface area contributed by atoms with E-state index in [-0.39, 0.29) is 5.91 Å². The van der Waals surface area contributed by atoms with Gasteiger partial charge in [-0.05, 0) is 55.2 Å². The monoisotopic (exact) mass is 331 g/mol. The van der Waals surface area contributed by atoms with Gasteiger partial charge in [0.2, 0.25) is 0 Å². The summed E-state index contributed by atoms with van der Waals surface area (Å²) in [6.07, 6.45) is 0.0835. The van der Waals surface area contributed by atoms with Gasteiger partial charge in [0, 0.05) is 11.6 Å². The number of carbonyl (C=O) groups is 1. The van der Waals surface area contributed by atoms with E-state index >= 15 is 0 Å². The number of ether oxygens (including phenoxy) is 1. The molecule has 2 aromatic rings. The molecule has 0 radical (unpaired) electrons. The van der Waals surface area contributed by atoms with Crippen molar-refractivity contribution in [3.05, 3.63) is 64.2 Å². The molecule has 0 bridgehead atoms. The Hall–Kier alpha value is -2.00. The second-order valence-electron chi connectivity index (χ2n) is 5.65. The third-order valence-corrected chi connectivity index (χ3v) is 3.92. The Balaban J connectivity index is 1.99. The van der Waals surface area contributed by atoms with Crippen LogP contribution in [0.15, 0.2) is 42.5 Å². The van der Waals surface area contributed by atoms with Crippen LogP contribution in [-0.2, 0) is 11.3 Å². The van der Waals surface area contributed by atoms with Crippen LogP contribution in [0.1, 0.15) is 30.0 Å². The maximum Gasteiger partial charge on any atom is 0.261 e. The zero-order valence-electron chi connectivity index (χ0n) is 13.7. The molecule has 1 atom stereocenters. The Labute approximate surface area is 142 Å². The molecule has 1 N–H and O–H groups in total. The van der Waals surface area contributed by atoms with Gasteiger partial charge in [-0.2, -0.15) is 0 Å². The van der Waals surface area contributed by atoms with Gasteiger partial charge >= 0.3 is 0 Å².